The molecule has 0 bridgehead atoms. The minimum atomic E-state index is -1.10. The van der Waals surface area contributed by atoms with E-state index >= 15 is 4.39 Å². The fourth-order valence-corrected chi connectivity index (χ4v) is 6.39. The van der Waals surface area contributed by atoms with Crippen molar-refractivity contribution >= 4 is 41.1 Å². The number of carbonyl (C=O) groups excluding carboxylic acids is 3. The number of carbonyl (C=O) groups is 3. The molecule has 2 aromatic heterocycles. The van der Waals surface area contributed by atoms with Crippen molar-refractivity contribution in [2.45, 2.75) is 64.8 Å². The monoisotopic (exact) mass is 644 g/mol. The Kier molecular flexibility index (Phi) is 9.79. The van der Waals surface area contributed by atoms with Gasteiger partial charge in [-0.25, -0.2) is 19.2 Å². The molecule has 12 nitrogen and oxygen atoms in total. The molecule has 248 valence electrons. The largest absolute Gasteiger partial charge is 0.454 e. The second-order valence-corrected chi connectivity index (χ2v) is 12.7. The lowest BCUT2D eigenvalue weighted by Gasteiger charge is -2.41. The van der Waals surface area contributed by atoms with Gasteiger partial charge in [0, 0.05) is 62.4 Å². The second kappa shape index (κ2) is 14.3. The van der Waals surface area contributed by atoms with Crippen LogP contribution in [0.15, 0.2) is 48.8 Å². The topological polar surface area (TPSA) is 133 Å². The molecule has 1 saturated carbocycles. The van der Waals surface area contributed by atoms with Crippen LogP contribution in [-0.4, -0.2) is 74.8 Å². The van der Waals surface area contributed by atoms with Crippen LogP contribution in [0.3, 0.4) is 0 Å². The van der Waals surface area contributed by atoms with E-state index in [2.05, 4.69) is 30.5 Å². The molecule has 1 unspecified atom stereocenters. The number of halogens is 1. The summed E-state index contributed by atoms with van der Waals surface area (Å²) in [5, 5.41) is 5.82. The van der Waals surface area contributed by atoms with Crippen LogP contribution in [0.1, 0.15) is 58.8 Å². The summed E-state index contributed by atoms with van der Waals surface area (Å²) in [7, 11) is 0. The van der Waals surface area contributed by atoms with Crippen LogP contribution in [-0.2, 0) is 9.59 Å². The Morgan fingerprint density at radius 3 is 2.49 bits per heavy atom. The predicted molar refractivity (Wildman–Crippen MR) is 175 cm³/mol. The zero-order valence-corrected chi connectivity index (χ0v) is 26.8. The Morgan fingerprint density at radius 1 is 0.979 bits per heavy atom. The number of rotatable bonds is 10. The van der Waals surface area contributed by atoms with Gasteiger partial charge in [0.15, 0.2) is 11.6 Å². The molecule has 2 aliphatic heterocycles. The van der Waals surface area contributed by atoms with Crippen LogP contribution in [0.5, 0.6) is 11.5 Å². The molecule has 4 amide bonds. The van der Waals surface area contributed by atoms with Crippen LogP contribution in [0.25, 0.3) is 0 Å². The molecule has 1 atom stereocenters. The maximum atomic E-state index is 15.2. The van der Waals surface area contributed by atoms with Gasteiger partial charge in [-0.15, -0.1) is 0 Å². The Morgan fingerprint density at radius 2 is 1.74 bits per heavy atom. The van der Waals surface area contributed by atoms with Gasteiger partial charge >= 0.3 is 6.03 Å². The molecule has 3 fully saturated rings. The summed E-state index contributed by atoms with van der Waals surface area (Å²) in [6, 6.07) is 8.50. The van der Waals surface area contributed by atoms with E-state index in [0.717, 1.165) is 64.1 Å². The normalized spacial score (nSPS) is 19.0. The molecule has 3 aliphatic rings. The molecule has 4 heterocycles. The number of urea groups is 1. The lowest BCUT2D eigenvalue weighted by molar-refractivity contribution is -0.142. The van der Waals surface area contributed by atoms with E-state index in [9.17, 15) is 14.4 Å². The Balaban J connectivity index is 1.10. The average Bonchev–Trinajstić information content (AvgIpc) is 3.61. The summed E-state index contributed by atoms with van der Waals surface area (Å²) in [6.45, 7) is 5.86. The molecular formula is C34H41FN8O4. The van der Waals surface area contributed by atoms with Crippen LogP contribution in [0.4, 0.5) is 32.5 Å². The lowest BCUT2D eigenvalue weighted by atomic mass is 9.88. The number of nitrogens with one attached hydrogen (secondary N) is 2. The van der Waals surface area contributed by atoms with Crippen molar-refractivity contribution < 1.29 is 23.5 Å². The Hall–Kier alpha value is -4.81. The van der Waals surface area contributed by atoms with E-state index in [-0.39, 0.29) is 36.0 Å². The number of amides is 4. The maximum Gasteiger partial charge on any atom is 0.326 e. The number of benzene rings is 1. The maximum absolute atomic E-state index is 15.2. The highest BCUT2D eigenvalue weighted by atomic mass is 19.1. The summed E-state index contributed by atoms with van der Waals surface area (Å²) in [5.41, 5.74) is 0.175. The first kappa shape index (κ1) is 32.1. The van der Waals surface area contributed by atoms with Gasteiger partial charge in [0.1, 0.15) is 23.3 Å². The summed E-state index contributed by atoms with van der Waals surface area (Å²) in [4.78, 5) is 58.3. The summed E-state index contributed by atoms with van der Waals surface area (Å²) in [5.74, 6) is -0.669. The summed E-state index contributed by atoms with van der Waals surface area (Å²) < 4.78 is 21.0. The number of nitrogens with zero attached hydrogens (tertiary/aromatic N) is 6. The highest BCUT2D eigenvalue weighted by Gasteiger charge is 2.44. The Bertz CT molecular complexity index is 1610. The third-order valence-electron chi connectivity index (χ3n) is 8.97. The van der Waals surface area contributed by atoms with Crippen molar-refractivity contribution in [1.82, 2.24) is 24.8 Å². The van der Waals surface area contributed by atoms with Gasteiger partial charge < -0.3 is 25.2 Å². The number of hydrogen-bond acceptors (Lipinski definition) is 9. The van der Waals surface area contributed by atoms with Crippen LogP contribution < -0.4 is 20.3 Å². The van der Waals surface area contributed by atoms with Gasteiger partial charge in [0.2, 0.25) is 17.8 Å². The average molecular weight is 645 g/mol. The highest BCUT2D eigenvalue weighted by molar-refractivity contribution is 6.12. The molecule has 47 heavy (non-hydrogen) atoms. The smallest absolute Gasteiger partial charge is 0.326 e. The SMILES string of the molecule is CC(C)N1CC(C(=O)Nc2ccc(Oc3ccnc(Nc4ccnc(N5CCCC5)n4)c3)c(F)c2)C(=O)N(CC2CCCCC2)C1=O. The first-order valence-corrected chi connectivity index (χ1v) is 16.5. The van der Waals surface area contributed by atoms with Crippen molar-refractivity contribution in [1.29, 1.82) is 0 Å². The molecule has 1 aromatic carbocycles. The highest BCUT2D eigenvalue weighted by Crippen LogP contribution is 2.31. The van der Waals surface area contributed by atoms with Crippen LogP contribution >= 0.6 is 0 Å². The van der Waals surface area contributed by atoms with Crippen molar-refractivity contribution in [3.05, 3.63) is 54.6 Å². The molecular weight excluding hydrogens is 603 g/mol. The standard InChI is InChI=1S/C34H41FN8O4/c1-22(2)42-21-26(32(45)43(34(42)46)20-23-8-4-3-5-9-23)31(44)38-24-10-11-28(27(35)18-24)47-25-12-14-36-30(19-25)39-29-13-15-37-33(40-29)41-16-6-7-17-41/h10-15,18-19,22-23,26H,3-9,16-17,20-21H2,1-2H3,(H,38,44)(H,36,37,39,40). The van der Waals surface area contributed by atoms with Gasteiger partial charge in [0.25, 0.3) is 0 Å². The first-order chi connectivity index (χ1) is 22.7. The summed E-state index contributed by atoms with van der Waals surface area (Å²) >= 11 is 0. The first-order valence-electron chi connectivity index (χ1n) is 16.5. The minimum Gasteiger partial charge on any atom is -0.454 e. The molecule has 1 aliphatic carbocycles. The van der Waals surface area contributed by atoms with E-state index in [1.54, 1.807) is 29.3 Å². The van der Waals surface area contributed by atoms with Crippen molar-refractivity contribution in [3.63, 3.8) is 0 Å². The van der Waals surface area contributed by atoms with E-state index in [0.29, 0.717) is 29.9 Å². The molecule has 3 aromatic rings. The number of imide groups is 1. The molecule has 2 saturated heterocycles. The van der Waals surface area contributed by atoms with Crippen molar-refractivity contribution in [3.8, 4) is 11.5 Å². The van der Waals surface area contributed by atoms with Crippen LogP contribution in [0.2, 0.25) is 0 Å². The molecule has 6 rings (SSSR count). The Labute approximate surface area is 273 Å². The molecule has 13 heteroatoms. The zero-order valence-electron chi connectivity index (χ0n) is 26.8. The zero-order chi connectivity index (χ0) is 32.9. The summed E-state index contributed by atoms with van der Waals surface area (Å²) in [6.07, 6.45) is 10.7. The van der Waals surface area contributed by atoms with Gasteiger partial charge in [-0.2, -0.15) is 4.98 Å². The van der Waals surface area contributed by atoms with E-state index in [4.69, 9.17) is 4.74 Å². The number of ether oxygens (including phenoxy) is 1. The minimum absolute atomic E-state index is 0.0288. The fraction of sp³-hybridized carbons (Fsp3) is 0.471. The number of pyridine rings is 1. The van der Waals surface area contributed by atoms with Crippen molar-refractivity contribution in [2.24, 2.45) is 11.8 Å². The van der Waals surface area contributed by atoms with E-state index in [1.807, 2.05) is 13.8 Å². The second-order valence-electron chi connectivity index (χ2n) is 12.7. The van der Waals surface area contributed by atoms with E-state index < -0.39 is 23.5 Å². The van der Waals surface area contributed by atoms with Crippen molar-refractivity contribution in [2.75, 3.05) is 41.7 Å². The molecule has 2 N–H and O–H groups in total. The quantitative estimate of drug-likeness (QED) is 0.257. The van der Waals surface area contributed by atoms with Gasteiger partial charge in [-0.1, -0.05) is 19.3 Å². The third-order valence-corrected chi connectivity index (χ3v) is 8.97. The van der Waals surface area contributed by atoms with Gasteiger partial charge in [-0.05, 0) is 69.7 Å². The lowest BCUT2D eigenvalue weighted by Crippen LogP contribution is -2.61. The molecule has 0 spiro atoms. The number of aromatic nitrogens is 3. The molecule has 0 radical (unpaired) electrons. The fourth-order valence-electron chi connectivity index (χ4n) is 6.39. The predicted octanol–water partition coefficient (Wildman–Crippen LogP) is 5.95. The van der Waals surface area contributed by atoms with Gasteiger partial charge in [-0.3, -0.25) is 14.5 Å². The number of hydrogen-bond donors (Lipinski definition) is 2. The van der Waals surface area contributed by atoms with Crippen LogP contribution in [0, 0.1) is 17.7 Å². The number of anilines is 4. The third kappa shape index (κ3) is 7.61. The van der Waals surface area contributed by atoms with Gasteiger partial charge in [0.05, 0.1) is 0 Å². The van der Waals surface area contributed by atoms with E-state index in [1.165, 1.54) is 23.2 Å².